The van der Waals surface area contributed by atoms with E-state index in [9.17, 15) is 19.1 Å². The summed E-state index contributed by atoms with van der Waals surface area (Å²) in [4.78, 5) is 28.2. The molecule has 1 unspecified atom stereocenters. The minimum atomic E-state index is -1.93. The van der Waals surface area contributed by atoms with Gasteiger partial charge in [0.2, 0.25) is 0 Å². The molecule has 0 saturated carbocycles. The van der Waals surface area contributed by atoms with Gasteiger partial charge in [0.15, 0.2) is 11.4 Å². The van der Waals surface area contributed by atoms with Crippen LogP contribution in [0.1, 0.15) is 27.2 Å². The fraction of sp³-hybridized carbons (Fsp3) is 0.143. The predicted octanol–water partition coefficient (Wildman–Crippen LogP) is 3.89. The fourth-order valence-electron chi connectivity index (χ4n) is 3.36. The van der Waals surface area contributed by atoms with E-state index in [2.05, 4.69) is 0 Å². The molecule has 0 bridgehead atoms. The molecule has 2 heterocycles. The molecule has 0 fully saturated rings. The number of hydrogen-bond donors (Lipinski definition) is 1. The number of carbonyl (C=O) groups excluding carboxylic acids is 2. The van der Waals surface area contributed by atoms with E-state index in [1.165, 1.54) is 40.5 Å². The number of rotatable bonds is 5. The lowest BCUT2D eigenvalue weighted by Crippen LogP contribution is -2.41. The van der Waals surface area contributed by atoms with Crippen molar-refractivity contribution in [3.63, 3.8) is 0 Å². The number of anilines is 1. The Labute approximate surface area is 159 Å². The van der Waals surface area contributed by atoms with Crippen molar-refractivity contribution in [3.05, 3.63) is 87.9 Å². The number of halogens is 1. The second-order valence-electron chi connectivity index (χ2n) is 6.45. The number of Topliss-reactive ketones (excluding diaryl/α,β-unsaturated/α-hetero) is 1. The second-order valence-corrected chi connectivity index (χ2v) is 7.49. The molecule has 1 atom stereocenters. The first-order valence-electron chi connectivity index (χ1n) is 8.44. The number of benzene rings is 2. The molecule has 1 aromatic heterocycles. The predicted molar refractivity (Wildman–Crippen MR) is 101 cm³/mol. The van der Waals surface area contributed by atoms with Gasteiger partial charge in [-0.15, -0.1) is 11.3 Å². The molecule has 1 amide bonds. The average Bonchev–Trinajstić information content (AvgIpc) is 3.25. The Morgan fingerprint density at radius 1 is 1.07 bits per heavy atom. The monoisotopic (exact) mass is 381 g/mol. The number of aliphatic hydroxyl groups is 1. The van der Waals surface area contributed by atoms with Crippen LogP contribution in [0, 0.1) is 5.82 Å². The Balaban J connectivity index is 1.68. The van der Waals surface area contributed by atoms with Crippen LogP contribution in [0.5, 0.6) is 0 Å². The maximum atomic E-state index is 13.1. The minimum Gasteiger partial charge on any atom is -0.375 e. The summed E-state index contributed by atoms with van der Waals surface area (Å²) in [5.41, 5.74) is -0.654. The lowest BCUT2D eigenvalue weighted by Gasteiger charge is -2.22. The molecule has 6 heteroatoms. The van der Waals surface area contributed by atoms with E-state index in [1.807, 2.05) is 17.5 Å². The quantitative estimate of drug-likeness (QED) is 0.682. The van der Waals surface area contributed by atoms with E-state index < -0.39 is 29.5 Å². The molecule has 1 aliphatic rings. The van der Waals surface area contributed by atoms with Gasteiger partial charge in [0.05, 0.1) is 18.7 Å². The summed E-state index contributed by atoms with van der Waals surface area (Å²) in [5, 5.41) is 13.1. The van der Waals surface area contributed by atoms with Crippen LogP contribution in [0.2, 0.25) is 0 Å². The van der Waals surface area contributed by atoms with Crippen molar-refractivity contribution in [3.8, 4) is 0 Å². The fourth-order valence-corrected chi connectivity index (χ4v) is 4.06. The molecule has 1 N–H and O–H groups in total. The van der Waals surface area contributed by atoms with Crippen molar-refractivity contribution < 1.29 is 19.1 Å². The van der Waals surface area contributed by atoms with Gasteiger partial charge < -0.3 is 10.0 Å². The van der Waals surface area contributed by atoms with E-state index >= 15 is 0 Å². The Hall–Kier alpha value is -2.83. The lowest BCUT2D eigenvalue weighted by atomic mass is 9.88. The third-order valence-corrected chi connectivity index (χ3v) is 5.58. The first-order valence-corrected chi connectivity index (χ1v) is 9.32. The second kappa shape index (κ2) is 6.72. The summed E-state index contributed by atoms with van der Waals surface area (Å²) in [6.45, 7) is 0.334. The zero-order chi connectivity index (χ0) is 19.0. The smallest absolute Gasteiger partial charge is 0.264 e. The van der Waals surface area contributed by atoms with Crippen molar-refractivity contribution in [1.82, 2.24) is 0 Å². The van der Waals surface area contributed by atoms with Crippen LogP contribution in [0.3, 0.4) is 0 Å². The van der Waals surface area contributed by atoms with Gasteiger partial charge in [-0.2, -0.15) is 0 Å². The summed E-state index contributed by atoms with van der Waals surface area (Å²) >= 11 is 1.52. The average molecular weight is 381 g/mol. The topological polar surface area (TPSA) is 57.6 Å². The van der Waals surface area contributed by atoms with Crippen molar-refractivity contribution in [1.29, 1.82) is 0 Å². The first-order chi connectivity index (χ1) is 13.0. The molecular weight excluding hydrogens is 365 g/mol. The summed E-state index contributed by atoms with van der Waals surface area (Å²) in [6.07, 6.45) is -0.393. The third kappa shape index (κ3) is 3.07. The maximum Gasteiger partial charge on any atom is 0.264 e. The van der Waals surface area contributed by atoms with Crippen molar-refractivity contribution in [2.45, 2.75) is 18.6 Å². The number of ketones is 1. The van der Waals surface area contributed by atoms with Gasteiger partial charge in [-0.1, -0.05) is 24.3 Å². The highest BCUT2D eigenvalue weighted by Crippen LogP contribution is 2.43. The Morgan fingerprint density at radius 3 is 2.52 bits per heavy atom. The maximum absolute atomic E-state index is 13.1. The van der Waals surface area contributed by atoms with Gasteiger partial charge in [0.1, 0.15) is 5.82 Å². The molecule has 4 rings (SSSR count). The molecule has 27 heavy (non-hydrogen) atoms. The number of hydrogen-bond acceptors (Lipinski definition) is 4. The van der Waals surface area contributed by atoms with Gasteiger partial charge in [-0.25, -0.2) is 4.39 Å². The molecule has 3 aromatic rings. The number of amides is 1. The number of nitrogens with zero attached hydrogens (tertiary/aromatic N) is 1. The number of thiophene rings is 1. The molecule has 1 aliphatic heterocycles. The SMILES string of the molecule is O=C(CC1(O)C(=O)N(Cc2cccs2)c2ccccc21)c1ccc(F)cc1. The minimum absolute atomic E-state index is 0.256. The summed E-state index contributed by atoms with van der Waals surface area (Å²) in [5.74, 6) is -1.39. The van der Waals surface area contributed by atoms with E-state index in [4.69, 9.17) is 0 Å². The highest BCUT2D eigenvalue weighted by molar-refractivity contribution is 7.09. The highest BCUT2D eigenvalue weighted by atomic mass is 32.1. The molecule has 0 aliphatic carbocycles. The van der Waals surface area contributed by atoms with Crippen LogP contribution in [0.25, 0.3) is 0 Å². The normalized spacial score (nSPS) is 18.6. The van der Waals surface area contributed by atoms with Crippen molar-refractivity contribution >= 4 is 28.7 Å². The van der Waals surface area contributed by atoms with Crippen LogP contribution in [0.4, 0.5) is 10.1 Å². The third-order valence-electron chi connectivity index (χ3n) is 4.72. The zero-order valence-corrected chi connectivity index (χ0v) is 15.1. The van der Waals surface area contributed by atoms with Crippen LogP contribution < -0.4 is 4.90 Å². The lowest BCUT2D eigenvalue weighted by molar-refractivity contribution is -0.136. The number of carbonyl (C=O) groups is 2. The largest absolute Gasteiger partial charge is 0.375 e. The summed E-state index contributed by atoms with van der Waals surface area (Å²) in [6, 6.07) is 15.9. The molecular formula is C21H16FNO3S. The van der Waals surface area contributed by atoms with Gasteiger partial charge in [-0.3, -0.25) is 9.59 Å². The molecule has 136 valence electrons. The molecule has 4 nitrogen and oxygen atoms in total. The van der Waals surface area contributed by atoms with Gasteiger partial charge >= 0.3 is 0 Å². The van der Waals surface area contributed by atoms with Crippen LogP contribution in [-0.2, 0) is 16.9 Å². The standard InChI is InChI=1S/C21H16FNO3S/c22-15-9-7-14(8-10-15)19(24)12-21(26)17-5-1-2-6-18(17)23(20(21)25)13-16-4-3-11-27-16/h1-11,26H,12-13H2. The van der Waals surface area contributed by atoms with E-state index in [0.29, 0.717) is 17.8 Å². The van der Waals surface area contributed by atoms with Crippen LogP contribution in [0.15, 0.2) is 66.0 Å². The Bertz CT molecular complexity index is 1000. The summed E-state index contributed by atoms with van der Waals surface area (Å²) in [7, 11) is 0. The van der Waals surface area contributed by atoms with Crippen LogP contribution >= 0.6 is 11.3 Å². The van der Waals surface area contributed by atoms with Gasteiger partial charge in [0.25, 0.3) is 5.91 Å². The molecule has 2 aromatic carbocycles. The molecule has 0 radical (unpaired) electrons. The van der Waals surface area contributed by atoms with Gasteiger partial charge in [0, 0.05) is 16.0 Å². The highest BCUT2D eigenvalue weighted by Gasteiger charge is 2.50. The first kappa shape index (κ1) is 17.6. The zero-order valence-electron chi connectivity index (χ0n) is 14.3. The van der Waals surface area contributed by atoms with Gasteiger partial charge in [-0.05, 0) is 41.8 Å². The van der Waals surface area contributed by atoms with Crippen LogP contribution in [-0.4, -0.2) is 16.8 Å². The van der Waals surface area contributed by atoms with Crippen molar-refractivity contribution in [2.24, 2.45) is 0 Å². The number of para-hydroxylation sites is 1. The summed E-state index contributed by atoms with van der Waals surface area (Å²) < 4.78 is 13.1. The van der Waals surface area contributed by atoms with E-state index in [1.54, 1.807) is 24.3 Å². The van der Waals surface area contributed by atoms with Crippen molar-refractivity contribution in [2.75, 3.05) is 4.90 Å². The molecule has 0 saturated heterocycles. The van der Waals surface area contributed by atoms with E-state index in [-0.39, 0.29) is 5.56 Å². The molecule has 0 spiro atoms. The number of fused-ring (bicyclic) bond motifs is 1. The van der Waals surface area contributed by atoms with E-state index in [0.717, 1.165) is 4.88 Å². The Kier molecular flexibility index (Phi) is 4.37. The Morgan fingerprint density at radius 2 is 1.81 bits per heavy atom.